The number of nitrogens with one attached hydrogen (secondary N) is 1. The smallest absolute Gasteiger partial charge is 0.214 e. The molecule has 6 heteroatoms. The van der Waals surface area contributed by atoms with Crippen LogP contribution in [-0.4, -0.2) is 15.0 Å². The lowest BCUT2D eigenvalue weighted by molar-refractivity contribution is 1.35. The van der Waals surface area contributed by atoms with Gasteiger partial charge in [-0.25, -0.2) is 9.97 Å². The van der Waals surface area contributed by atoms with Crippen molar-refractivity contribution in [1.82, 2.24) is 15.0 Å². The minimum absolute atomic E-state index is 0.110. The molecule has 2 heterocycles. The molecule has 2 aromatic carbocycles. The second-order valence-corrected chi connectivity index (χ2v) is 5.09. The highest BCUT2D eigenvalue weighted by atomic mass is 32.1. The molecule has 0 saturated heterocycles. The van der Waals surface area contributed by atoms with Crippen molar-refractivity contribution in [3.63, 3.8) is 0 Å². The first-order valence-electron chi connectivity index (χ1n) is 5.58. The highest BCUT2D eigenvalue weighted by Gasteiger charge is 2.15. The Morgan fingerprint density at radius 2 is 1.42 bits per heavy atom. The number of aromatic amines is 1. The second-order valence-electron chi connectivity index (χ2n) is 4.28. The fourth-order valence-corrected chi connectivity index (χ4v) is 2.89. The first-order chi connectivity index (χ1) is 9.16. The summed E-state index contributed by atoms with van der Waals surface area (Å²) in [6.45, 7) is 0. The number of H-pyrrole nitrogens is 1. The summed E-state index contributed by atoms with van der Waals surface area (Å²) in [4.78, 5) is 24.0. The van der Waals surface area contributed by atoms with Crippen LogP contribution in [0.2, 0.25) is 0 Å². The van der Waals surface area contributed by atoms with E-state index in [0.717, 1.165) is 5.39 Å². The zero-order valence-corrected chi connectivity index (χ0v) is 11.1. The topological polar surface area (TPSA) is 58.6 Å². The Kier molecular flexibility index (Phi) is 1.99. The second kappa shape index (κ2) is 3.49. The molecule has 0 spiro atoms. The zero-order valence-electron chi connectivity index (χ0n) is 9.43. The summed E-state index contributed by atoms with van der Waals surface area (Å²) in [5.41, 5.74) is 1.90. The van der Waals surface area contributed by atoms with Crippen molar-refractivity contribution in [2.24, 2.45) is 0 Å². The molecule has 4 nitrogen and oxygen atoms in total. The molecule has 1 N–H and O–H groups in total. The van der Waals surface area contributed by atoms with E-state index in [2.05, 4.69) is 15.0 Å². The number of rotatable bonds is 0. The van der Waals surface area contributed by atoms with Crippen LogP contribution in [0, 0.1) is 9.28 Å². The highest BCUT2D eigenvalue weighted by molar-refractivity contribution is 7.72. The van der Waals surface area contributed by atoms with E-state index in [4.69, 9.17) is 24.4 Å². The van der Waals surface area contributed by atoms with Gasteiger partial charge < -0.3 is 4.98 Å². The van der Waals surface area contributed by atoms with Crippen LogP contribution in [0.15, 0.2) is 29.1 Å². The molecule has 0 atom stereocenters. The van der Waals surface area contributed by atoms with Crippen molar-refractivity contribution < 1.29 is 0 Å². The normalized spacial score (nSPS) is 11.8. The third-order valence-electron chi connectivity index (χ3n) is 3.19. The number of benzene rings is 1. The fraction of sp³-hybridized carbons (Fsp3) is 0. The lowest BCUT2D eigenvalue weighted by Crippen LogP contribution is -1.96. The Bertz CT molecular complexity index is 1120. The Balaban J connectivity index is 2.44. The van der Waals surface area contributed by atoms with Crippen LogP contribution >= 0.6 is 24.4 Å². The Morgan fingerprint density at radius 1 is 0.842 bits per heavy atom. The highest BCUT2D eigenvalue weighted by Crippen LogP contribution is 2.24. The van der Waals surface area contributed by atoms with Gasteiger partial charge in [-0.05, 0) is 0 Å². The van der Waals surface area contributed by atoms with Gasteiger partial charge >= 0.3 is 0 Å². The summed E-state index contributed by atoms with van der Waals surface area (Å²) in [7, 11) is 0. The van der Waals surface area contributed by atoms with E-state index in [1.807, 2.05) is 18.2 Å². The van der Waals surface area contributed by atoms with Crippen LogP contribution in [0.5, 0.6) is 0 Å². The monoisotopic (exact) mass is 283 g/mol. The molecule has 0 saturated carbocycles. The van der Waals surface area contributed by atoms with Crippen molar-refractivity contribution in [2.75, 3.05) is 0 Å². The summed E-state index contributed by atoms with van der Waals surface area (Å²) < 4.78 is 0.895. The predicted octanol–water partition coefficient (Wildman–Crippen LogP) is 2.96. The number of fused-ring (bicyclic) bond motifs is 4. The van der Waals surface area contributed by atoms with Gasteiger partial charge in [-0.15, -0.1) is 0 Å². The third-order valence-corrected chi connectivity index (χ3v) is 3.79. The molecule has 0 amide bonds. The van der Waals surface area contributed by atoms with E-state index in [-0.39, 0.29) is 5.43 Å². The number of nitrogens with zero attached hydrogens (tertiary/aromatic N) is 2. The van der Waals surface area contributed by atoms with Crippen LogP contribution in [0.1, 0.15) is 0 Å². The molecule has 2 aromatic heterocycles. The molecule has 90 valence electrons. The molecule has 0 unspecified atom stereocenters. The van der Waals surface area contributed by atoms with E-state index < -0.39 is 0 Å². The molecule has 19 heavy (non-hydrogen) atoms. The number of hydrogen-bond acceptors (Lipinski definition) is 5. The molecule has 4 aromatic rings. The molecule has 0 bridgehead atoms. The van der Waals surface area contributed by atoms with Gasteiger partial charge in [-0.3, -0.25) is 4.79 Å². The zero-order chi connectivity index (χ0) is 13.1. The van der Waals surface area contributed by atoms with Crippen LogP contribution < -0.4 is 5.43 Å². The Hall–Kier alpha value is -2.05. The fourth-order valence-electron chi connectivity index (χ4n) is 2.33. The largest absolute Gasteiger partial charge is 0.334 e. The molecule has 0 fully saturated rings. The molecule has 4 rings (SSSR count). The predicted molar refractivity (Wildman–Crippen MR) is 79.2 cm³/mol. The van der Waals surface area contributed by atoms with Gasteiger partial charge in [0.2, 0.25) is 5.43 Å². The van der Waals surface area contributed by atoms with E-state index in [1.54, 1.807) is 6.07 Å². The standard InChI is InChI=1S/C13H5N3OS2/c17-11-6-4-2-1-3-5(6)7-8(11)15-10-9(14-7)12(18)16-13(10)19/h1-4H,(H,16,18,19). The van der Waals surface area contributed by atoms with Crippen molar-refractivity contribution in [3.8, 4) is 0 Å². The SMILES string of the molecule is O=c1c2ccccc2c2nc3c(=S)[nH]c(=S)c3nc12. The van der Waals surface area contributed by atoms with Crippen molar-refractivity contribution in [2.45, 2.75) is 0 Å². The summed E-state index contributed by atoms with van der Waals surface area (Å²) in [5.74, 6) is 0. The molecule has 0 aliphatic carbocycles. The van der Waals surface area contributed by atoms with E-state index >= 15 is 0 Å². The molecule has 0 radical (unpaired) electrons. The van der Waals surface area contributed by atoms with Crippen molar-refractivity contribution >= 4 is 57.3 Å². The lowest BCUT2D eigenvalue weighted by Gasteiger charge is -1.91. The van der Waals surface area contributed by atoms with Gasteiger partial charge in [0.25, 0.3) is 0 Å². The molecule has 0 aliphatic rings. The van der Waals surface area contributed by atoms with E-state index in [1.165, 1.54) is 0 Å². The van der Waals surface area contributed by atoms with Crippen LogP contribution in [0.3, 0.4) is 0 Å². The minimum Gasteiger partial charge on any atom is -0.334 e. The van der Waals surface area contributed by atoms with Gasteiger partial charge in [-0.1, -0.05) is 48.7 Å². The average molecular weight is 283 g/mol. The summed E-state index contributed by atoms with van der Waals surface area (Å²) in [5, 5.41) is 1.43. The summed E-state index contributed by atoms with van der Waals surface area (Å²) in [6, 6.07) is 7.34. The first-order valence-corrected chi connectivity index (χ1v) is 6.40. The lowest BCUT2D eigenvalue weighted by atomic mass is 10.2. The minimum atomic E-state index is -0.110. The quantitative estimate of drug-likeness (QED) is 0.503. The molecular formula is C13H5N3OS2. The summed E-state index contributed by atoms with van der Waals surface area (Å²) in [6.07, 6.45) is 0. The Morgan fingerprint density at radius 3 is 2.11 bits per heavy atom. The molecule has 0 aliphatic heterocycles. The maximum Gasteiger partial charge on any atom is 0.214 e. The van der Waals surface area contributed by atoms with Crippen LogP contribution in [0.4, 0.5) is 0 Å². The van der Waals surface area contributed by atoms with Crippen LogP contribution in [0.25, 0.3) is 32.8 Å². The maximum atomic E-state index is 12.3. The third kappa shape index (κ3) is 1.30. The van der Waals surface area contributed by atoms with Crippen LogP contribution in [-0.2, 0) is 0 Å². The van der Waals surface area contributed by atoms with Gasteiger partial charge in [0, 0.05) is 10.8 Å². The number of aromatic nitrogens is 3. The average Bonchev–Trinajstić information content (AvgIpc) is 2.86. The van der Waals surface area contributed by atoms with Crippen molar-refractivity contribution in [1.29, 1.82) is 0 Å². The van der Waals surface area contributed by atoms with Gasteiger partial charge in [-0.2, -0.15) is 0 Å². The van der Waals surface area contributed by atoms with Gasteiger partial charge in [0.15, 0.2) is 0 Å². The van der Waals surface area contributed by atoms with Gasteiger partial charge in [0.1, 0.15) is 31.3 Å². The maximum absolute atomic E-state index is 12.3. The summed E-state index contributed by atoms with van der Waals surface area (Å²) >= 11 is 10.3. The van der Waals surface area contributed by atoms with Crippen molar-refractivity contribution in [3.05, 3.63) is 43.8 Å². The Labute approximate surface area is 116 Å². The first kappa shape index (κ1) is 10.8. The number of hydrogen-bond donors (Lipinski definition) is 1. The van der Waals surface area contributed by atoms with E-state index in [0.29, 0.717) is 36.7 Å². The molecular weight excluding hydrogens is 278 g/mol. The van der Waals surface area contributed by atoms with Gasteiger partial charge in [0.05, 0.1) is 0 Å². The van der Waals surface area contributed by atoms with E-state index in [9.17, 15) is 4.79 Å².